The second kappa shape index (κ2) is 11.4. The zero-order chi connectivity index (χ0) is 17.8. The fraction of sp³-hybridized carbons (Fsp3) is 0.421. The SMILES string of the molecule is CC.CC.CC.Cc1cc(-c2c(C)nc3cccnn23)ccn1. The van der Waals surface area contributed by atoms with Crippen LogP contribution in [0.25, 0.3) is 16.9 Å². The summed E-state index contributed by atoms with van der Waals surface area (Å²) in [5.41, 5.74) is 4.98. The Bertz CT molecular complexity index is 687. The van der Waals surface area contributed by atoms with E-state index in [9.17, 15) is 0 Å². The lowest BCUT2D eigenvalue weighted by molar-refractivity contribution is 0.940. The highest BCUT2D eigenvalue weighted by atomic mass is 15.3. The van der Waals surface area contributed by atoms with Crippen LogP contribution in [0.2, 0.25) is 0 Å². The summed E-state index contributed by atoms with van der Waals surface area (Å²) in [6.07, 6.45) is 3.58. The van der Waals surface area contributed by atoms with E-state index in [0.29, 0.717) is 0 Å². The topological polar surface area (TPSA) is 43.1 Å². The smallest absolute Gasteiger partial charge is 0.154 e. The average Bonchev–Trinajstić information content (AvgIpc) is 2.96. The summed E-state index contributed by atoms with van der Waals surface area (Å²) in [7, 11) is 0. The Balaban J connectivity index is 0.000000728. The molecule has 0 bridgehead atoms. The van der Waals surface area contributed by atoms with Crippen molar-refractivity contribution in [3.05, 3.63) is 48.0 Å². The first-order valence-corrected chi connectivity index (χ1v) is 8.49. The van der Waals surface area contributed by atoms with Gasteiger partial charge in [0.05, 0.1) is 11.4 Å². The normalized spacial score (nSPS) is 8.87. The Labute approximate surface area is 140 Å². The first-order chi connectivity index (χ1) is 11.3. The summed E-state index contributed by atoms with van der Waals surface area (Å²) in [6.45, 7) is 16.0. The van der Waals surface area contributed by atoms with Crippen LogP contribution in [0.1, 0.15) is 52.9 Å². The van der Waals surface area contributed by atoms with Crippen LogP contribution < -0.4 is 0 Å². The van der Waals surface area contributed by atoms with Gasteiger partial charge in [0.25, 0.3) is 0 Å². The molecule has 0 unspecified atom stereocenters. The van der Waals surface area contributed by atoms with Gasteiger partial charge in [0.2, 0.25) is 0 Å². The van der Waals surface area contributed by atoms with Crippen LogP contribution in [-0.4, -0.2) is 19.6 Å². The number of fused-ring (bicyclic) bond motifs is 1. The molecule has 0 atom stereocenters. The lowest BCUT2D eigenvalue weighted by Gasteiger charge is -2.02. The van der Waals surface area contributed by atoms with Crippen LogP contribution in [0, 0.1) is 13.8 Å². The van der Waals surface area contributed by atoms with E-state index >= 15 is 0 Å². The summed E-state index contributed by atoms with van der Waals surface area (Å²) in [5.74, 6) is 0. The molecule has 3 rings (SSSR count). The number of aromatic nitrogens is 4. The molecule has 0 aliphatic rings. The third-order valence-corrected chi connectivity index (χ3v) is 2.74. The Morgan fingerprint density at radius 2 is 1.52 bits per heavy atom. The van der Waals surface area contributed by atoms with E-state index in [1.54, 1.807) is 6.20 Å². The predicted molar refractivity (Wildman–Crippen MR) is 99.7 cm³/mol. The van der Waals surface area contributed by atoms with Crippen molar-refractivity contribution in [3.63, 3.8) is 0 Å². The van der Waals surface area contributed by atoms with Crippen molar-refractivity contribution in [2.45, 2.75) is 55.4 Å². The molecule has 0 aliphatic carbocycles. The van der Waals surface area contributed by atoms with Crippen molar-refractivity contribution in [2.75, 3.05) is 0 Å². The molecule has 0 aromatic carbocycles. The van der Waals surface area contributed by atoms with E-state index in [4.69, 9.17) is 0 Å². The van der Waals surface area contributed by atoms with Gasteiger partial charge in [0.15, 0.2) is 5.65 Å². The molecule has 23 heavy (non-hydrogen) atoms. The highest BCUT2D eigenvalue weighted by Gasteiger charge is 2.11. The predicted octanol–water partition coefficient (Wildman–Crippen LogP) is 5.49. The summed E-state index contributed by atoms with van der Waals surface area (Å²) in [5, 5.41) is 4.34. The minimum Gasteiger partial charge on any atom is -0.262 e. The van der Waals surface area contributed by atoms with Gasteiger partial charge in [-0.3, -0.25) is 4.98 Å². The maximum Gasteiger partial charge on any atom is 0.154 e. The zero-order valence-corrected chi connectivity index (χ0v) is 15.8. The molecule has 4 heteroatoms. The summed E-state index contributed by atoms with van der Waals surface area (Å²) >= 11 is 0. The third kappa shape index (κ3) is 5.16. The van der Waals surface area contributed by atoms with Crippen LogP contribution >= 0.6 is 0 Å². The van der Waals surface area contributed by atoms with Crippen molar-refractivity contribution < 1.29 is 0 Å². The second-order valence-electron chi connectivity index (χ2n) is 4.03. The van der Waals surface area contributed by atoms with Crippen LogP contribution in [0.15, 0.2) is 36.7 Å². The van der Waals surface area contributed by atoms with Crippen molar-refractivity contribution in [2.24, 2.45) is 0 Å². The van der Waals surface area contributed by atoms with Gasteiger partial charge in [0.1, 0.15) is 0 Å². The quantitative estimate of drug-likeness (QED) is 0.596. The summed E-state index contributed by atoms with van der Waals surface area (Å²) in [4.78, 5) is 8.71. The Hall–Kier alpha value is -2.23. The van der Waals surface area contributed by atoms with Crippen LogP contribution in [0.5, 0.6) is 0 Å². The number of nitrogens with zero attached hydrogens (tertiary/aromatic N) is 4. The van der Waals surface area contributed by atoms with Gasteiger partial charge < -0.3 is 0 Å². The molecule has 126 valence electrons. The Morgan fingerprint density at radius 1 is 0.870 bits per heavy atom. The first-order valence-electron chi connectivity index (χ1n) is 8.49. The van der Waals surface area contributed by atoms with E-state index in [-0.39, 0.29) is 0 Å². The number of imidazole rings is 1. The van der Waals surface area contributed by atoms with Gasteiger partial charge in [-0.25, -0.2) is 9.50 Å². The van der Waals surface area contributed by atoms with E-state index < -0.39 is 0 Å². The number of hydrogen-bond acceptors (Lipinski definition) is 3. The Morgan fingerprint density at radius 3 is 2.13 bits per heavy atom. The Kier molecular flexibility index (Phi) is 10.3. The lowest BCUT2D eigenvalue weighted by Crippen LogP contribution is -1.94. The minimum absolute atomic E-state index is 0.870. The van der Waals surface area contributed by atoms with Crippen molar-refractivity contribution in [1.29, 1.82) is 0 Å². The molecule has 0 spiro atoms. The molecule has 0 aliphatic heterocycles. The van der Waals surface area contributed by atoms with Gasteiger partial charge in [-0.1, -0.05) is 41.5 Å². The maximum absolute atomic E-state index is 4.50. The van der Waals surface area contributed by atoms with Crippen molar-refractivity contribution >= 4 is 5.65 Å². The van der Waals surface area contributed by atoms with Gasteiger partial charge in [-0.05, 0) is 38.1 Å². The van der Waals surface area contributed by atoms with Crippen LogP contribution in [0.4, 0.5) is 0 Å². The molecule has 0 radical (unpaired) electrons. The standard InChI is InChI=1S/C13H12N4.3C2H6/c1-9-8-11(5-7-14-9)13-10(2)16-12-4-3-6-15-17(12)13;3*1-2/h3-8H,1-2H3;3*1-2H3. The van der Waals surface area contributed by atoms with Crippen molar-refractivity contribution in [3.8, 4) is 11.3 Å². The molecule has 0 N–H and O–H groups in total. The molecule has 4 nitrogen and oxygen atoms in total. The molecule has 0 fully saturated rings. The van der Waals surface area contributed by atoms with Crippen molar-refractivity contribution in [1.82, 2.24) is 19.6 Å². The number of rotatable bonds is 1. The van der Waals surface area contributed by atoms with Crippen LogP contribution in [0.3, 0.4) is 0 Å². The van der Waals surface area contributed by atoms with E-state index in [2.05, 4.69) is 15.1 Å². The molecule has 0 saturated carbocycles. The molecule has 3 heterocycles. The molecule has 0 saturated heterocycles. The van der Waals surface area contributed by atoms with Gasteiger partial charge >= 0.3 is 0 Å². The van der Waals surface area contributed by atoms with Gasteiger partial charge in [-0.2, -0.15) is 5.10 Å². The zero-order valence-electron chi connectivity index (χ0n) is 15.8. The third-order valence-electron chi connectivity index (χ3n) is 2.74. The molecule has 0 amide bonds. The monoisotopic (exact) mass is 314 g/mol. The number of aryl methyl sites for hydroxylation is 2. The second-order valence-corrected chi connectivity index (χ2v) is 4.03. The van der Waals surface area contributed by atoms with E-state index in [0.717, 1.165) is 28.3 Å². The average molecular weight is 314 g/mol. The minimum atomic E-state index is 0.870. The van der Waals surface area contributed by atoms with E-state index in [1.807, 2.05) is 90.4 Å². The highest BCUT2D eigenvalue weighted by Crippen LogP contribution is 2.23. The number of pyridine rings is 1. The molecular weight excluding hydrogens is 284 g/mol. The van der Waals surface area contributed by atoms with Gasteiger partial charge in [-0.15, -0.1) is 0 Å². The first kappa shape index (κ1) is 20.8. The summed E-state index contributed by atoms with van der Waals surface area (Å²) < 4.78 is 1.87. The van der Waals surface area contributed by atoms with Crippen LogP contribution in [-0.2, 0) is 0 Å². The fourth-order valence-electron chi connectivity index (χ4n) is 2.02. The number of hydrogen-bond donors (Lipinski definition) is 0. The molecule has 3 aromatic heterocycles. The van der Waals surface area contributed by atoms with E-state index in [1.165, 1.54) is 0 Å². The fourth-order valence-corrected chi connectivity index (χ4v) is 2.02. The van der Waals surface area contributed by atoms with Gasteiger partial charge in [0, 0.05) is 23.7 Å². The lowest BCUT2D eigenvalue weighted by atomic mass is 10.1. The highest BCUT2D eigenvalue weighted by molar-refractivity contribution is 5.66. The summed E-state index contributed by atoms with van der Waals surface area (Å²) in [6, 6.07) is 7.88. The largest absolute Gasteiger partial charge is 0.262 e. The molecule has 3 aromatic rings. The maximum atomic E-state index is 4.50. The molecular formula is C19H30N4.